The number of carbonyl (C=O) groups excluding carboxylic acids is 3. The normalized spacial score (nSPS) is 18.0. The van der Waals surface area contributed by atoms with Gasteiger partial charge in [-0.2, -0.15) is 0 Å². The molecule has 3 aliphatic heterocycles. The average molecular weight is 699 g/mol. The predicted octanol–water partition coefficient (Wildman–Crippen LogP) is 6.31. The molecule has 3 amide bonds. The highest BCUT2D eigenvalue weighted by Crippen LogP contribution is 2.31. The number of benzene rings is 4. The number of unbranched alkanes of at least 4 members (excludes halogenated alkanes) is 1. The zero-order valence-electron chi connectivity index (χ0n) is 29.5. The van der Waals surface area contributed by atoms with E-state index in [1.165, 1.54) is 16.7 Å². The number of fused-ring (bicyclic) bond motifs is 1. The fraction of sp³-hybridized carbons (Fsp3) is 0.326. The van der Waals surface area contributed by atoms with Crippen molar-refractivity contribution >= 4 is 35.1 Å². The molecule has 4 aromatic rings. The molecule has 0 bridgehead atoms. The number of imide groups is 1. The van der Waals surface area contributed by atoms with Gasteiger partial charge in [-0.15, -0.1) is 0 Å². The maximum Gasteiger partial charge on any atom is 0.255 e. The second-order valence-electron chi connectivity index (χ2n) is 13.9. The molecule has 3 heterocycles. The summed E-state index contributed by atoms with van der Waals surface area (Å²) in [5.74, 6) is 0.384. The molecule has 2 saturated heterocycles. The Bertz CT molecular complexity index is 1900. The van der Waals surface area contributed by atoms with Crippen molar-refractivity contribution in [3.8, 4) is 11.5 Å². The summed E-state index contributed by atoms with van der Waals surface area (Å²) in [7, 11) is 0. The number of amides is 3. The Kier molecular flexibility index (Phi) is 11.0. The number of aromatic hydroxyl groups is 1. The first-order chi connectivity index (χ1) is 25.4. The van der Waals surface area contributed by atoms with Crippen molar-refractivity contribution in [2.75, 3.05) is 44.2 Å². The predicted molar refractivity (Wildman–Crippen MR) is 203 cm³/mol. The third-order valence-corrected chi connectivity index (χ3v) is 10.4. The van der Waals surface area contributed by atoms with E-state index in [0.29, 0.717) is 25.1 Å². The van der Waals surface area contributed by atoms with Crippen LogP contribution in [-0.2, 0) is 22.6 Å². The monoisotopic (exact) mass is 698 g/mol. The Morgan fingerprint density at radius 2 is 1.63 bits per heavy atom. The van der Waals surface area contributed by atoms with Crippen molar-refractivity contribution in [2.45, 2.75) is 51.1 Å². The molecule has 52 heavy (non-hydrogen) atoms. The van der Waals surface area contributed by atoms with Gasteiger partial charge >= 0.3 is 0 Å². The number of nitrogens with one attached hydrogen (secondary N) is 1. The van der Waals surface area contributed by atoms with Gasteiger partial charge in [0.1, 0.15) is 17.5 Å². The van der Waals surface area contributed by atoms with Crippen LogP contribution in [0.25, 0.3) is 11.6 Å². The number of piperazine rings is 1. The molecule has 3 aliphatic rings. The minimum absolute atomic E-state index is 0.134. The Labute approximate surface area is 305 Å². The number of phenolic OH excluding ortho intramolecular Hbond substituents is 1. The molecule has 2 fully saturated rings. The molecule has 9 heteroatoms. The van der Waals surface area contributed by atoms with Crippen molar-refractivity contribution in [1.82, 2.24) is 15.1 Å². The van der Waals surface area contributed by atoms with Gasteiger partial charge in [0.15, 0.2) is 0 Å². The summed E-state index contributed by atoms with van der Waals surface area (Å²) in [6.45, 7) is 5.92. The minimum Gasteiger partial charge on any atom is -0.508 e. The number of phenols is 1. The largest absolute Gasteiger partial charge is 0.508 e. The SMILES string of the molecule is O=C1CC[C@H](N2Cc3cc(N4CCN(CCCCOc5ccc(C=C(CCc6ccc(O)cc6)c6ccccc6)cc5)CC4)ccc3C2=O)C(=O)N1. The summed E-state index contributed by atoms with van der Waals surface area (Å²) >= 11 is 0. The van der Waals surface area contributed by atoms with E-state index in [2.05, 4.69) is 75.8 Å². The lowest BCUT2D eigenvalue weighted by molar-refractivity contribution is -0.136. The number of aryl methyl sites for hydroxylation is 1. The molecule has 268 valence electrons. The molecular formula is C43H46N4O5. The molecule has 4 aromatic carbocycles. The number of piperidine rings is 1. The highest BCUT2D eigenvalue weighted by molar-refractivity contribution is 6.05. The molecule has 2 N–H and O–H groups in total. The van der Waals surface area contributed by atoms with Gasteiger partial charge in [-0.3, -0.25) is 24.6 Å². The first-order valence-corrected chi connectivity index (χ1v) is 18.4. The average Bonchev–Trinajstić information content (AvgIpc) is 3.49. The van der Waals surface area contributed by atoms with Crippen molar-refractivity contribution in [3.63, 3.8) is 0 Å². The van der Waals surface area contributed by atoms with Crippen LogP contribution in [0.5, 0.6) is 11.5 Å². The number of allylic oxidation sites excluding steroid dienone is 1. The van der Waals surface area contributed by atoms with E-state index < -0.39 is 6.04 Å². The molecule has 1 atom stereocenters. The van der Waals surface area contributed by atoms with Gasteiger partial charge in [0.2, 0.25) is 11.8 Å². The second kappa shape index (κ2) is 16.3. The fourth-order valence-corrected chi connectivity index (χ4v) is 7.37. The van der Waals surface area contributed by atoms with Crippen LogP contribution in [0.4, 0.5) is 5.69 Å². The highest BCUT2D eigenvalue weighted by Gasteiger charge is 2.39. The minimum atomic E-state index is -0.591. The number of carbonyl (C=O) groups is 3. The topological polar surface area (TPSA) is 102 Å². The van der Waals surface area contributed by atoms with Gasteiger partial charge in [0.05, 0.1) is 6.61 Å². The quantitative estimate of drug-likeness (QED) is 0.0960. The van der Waals surface area contributed by atoms with Crippen LogP contribution in [0.2, 0.25) is 0 Å². The van der Waals surface area contributed by atoms with Crippen LogP contribution in [0.15, 0.2) is 97.1 Å². The van der Waals surface area contributed by atoms with E-state index in [-0.39, 0.29) is 29.9 Å². The maximum absolute atomic E-state index is 13.1. The lowest BCUT2D eigenvalue weighted by Crippen LogP contribution is -2.52. The second-order valence-corrected chi connectivity index (χ2v) is 13.9. The third-order valence-electron chi connectivity index (χ3n) is 10.4. The van der Waals surface area contributed by atoms with Crippen LogP contribution in [0, 0.1) is 0 Å². The van der Waals surface area contributed by atoms with Gasteiger partial charge < -0.3 is 19.6 Å². The summed E-state index contributed by atoms with van der Waals surface area (Å²) in [6.07, 6.45) is 6.72. The van der Waals surface area contributed by atoms with Crippen LogP contribution >= 0.6 is 0 Å². The molecule has 0 spiro atoms. The van der Waals surface area contributed by atoms with Crippen LogP contribution < -0.4 is 15.0 Å². The van der Waals surface area contributed by atoms with Crippen molar-refractivity contribution in [3.05, 3.63) is 125 Å². The lowest BCUT2D eigenvalue weighted by Gasteiger charge is -2.36. The fourth-order valence-electron chi connectivity index (χ4n) is 7.37. The van der Waals surface area contributed by atoms with E-state index in [1.807, 2.05) is 30.3 Å². The Hall–Kier alpha value is -5.41. The number of hydrogen-bond acceptors (Lipinski definition) is 7. The third kappa shape index (κ3) is 8.54. The summed E-state index contributed by atoms with van der Waals surface area (Å²) in [6, 6.07) is 31.7. The molecule has 0 radical (unpaired) electrons. The van der Waals surface area contributed by atoms with Gasteiger partial charge in [-0.05, 0) is 109 Å². The highest BCUT2D eigenvalue weighted by atomic mass is 16.5. The first kappa shape index (κ1) is 35.0. The van der Waals surface area contributed by atoms with Crippen LogP contribution in [-0.4, -0.2) is 78.0 Å². The number of ether oxygens (including phenoxy) is 1. The number of hydrogen-bond donors (Lipinski definition) is 2. The molecule has 0 aliphatic carbocycles. The lowest BCUT2D eigenvalue weighted by atomic mass is 9.96. The Morgan fingerprint density at radius 1 is 0.865 bits per heavy atom. The summed E-state index contributed by atoms with van der Waals surface area (Å²) in [4.78, 5) is 43.5. The maximum atomic E-state index is 13.1. The number of anilines is 1. The van der Waals surface area contributed by atoms with E-state index in [4.69, 9.17) is 4.74 Å². The zero-order valence-corrected chi connectivity index (χ0v) is 29.5. The first-order valence-electron chi connectivity index (χ1n) is 18.4. The standard InChI is InChI=1S/C43H46N4O5/c48-37-15-9-31(10-16-37)8-13-34(33-6-2-1-3-7-33)28-32-11-17-38(18-12-32)52-27-5-4-22-45-23-25-46(26-24-45)36-14-19-39-35(29-36)30-47(43(39)51)40-20-21-41(49)44-42(40)50/h1-3,6-7,9-12,14-19,28-29,40,48H,4-5,8,13,20-27,30H2,(H,44,49,50)/t40-/m0/s1. The molecule has 0 saturated carbocycles. The van der Waals surface area contributed by atoms with E-state index in [0.717, 1.165) is 81.0 Å². The molecule has 7 rings (SSSR count). The Morgan fingerprint density at radius 3 is 2.38 bits per heavy atom. The molecule has 0 unspecified atom stereocenters. The number of rotatable bonds is 13. The van der Waals surface area contributed by atoms with Crippen LogP contribution in [0.3, 0.4) is 0 Å². The van der Waals surface area contributed by atoms with Gasteiger partial charge in [0.25, 0.3) is 5.91 Å². The van der Waals surface area contributed by atoms with E-state index in [1.54, 1.807) is 17.0 Å². The smallest absolute Gasteiger partial charge is 0.255 e. The Balaban J connectivity index is 0.835. The molecule has 0 aromatic heterocycles. The van der Waals surface area contributed by atoms with E-state index in [9.17, 15) is 19.5 Å². The zero-order chi connectivity index (χ0) is 35.9. The summed E-state index contributed by atoms with van der Waals surface area (Å²) in [5.41, 5.74) is 7.52. The van der Waals surface area contributed by atoms with Crippen molar-refractivity contribution in [1.29, 1.82) is 0 Å². The summed E-state index contributed by atoms with van der Waals surface area (Å²) < 4.78 is 6.10. The van der Waals surface area contributed by atoms with Gasteiger partial charge in [-0.1, -0.05) is 60.7 Å². The van der Waals surface area contributed by atoms with E-state index >= 15 is 0 Å². The molecule has 9 nitrogen and oxygen atoms in total. The van der Waals surface area contributed by atoms with Gasteiger partial charge in [-0.25, -0.2) is 0 Å². The van der Waals surface area contributed by atoms with Crippen LogP contribution in [0.1, 0.15) is 64.7 Å². The van der Waals surface area contributed by atoms with Gasteiger partial charge in [0, 0.05) is 50.4 Å². The van der Waals surface area contributed by atoms with Crippen molar-refractivity contribution < 1.29 is 24.2 Å². The number of nitrogens with zero attached hydrogens (tertiary/aromatic N) is 3. The molecular weight excluding hydrogens is 652 g/mol. The van der Waals surface area contributed by atoms with Crippen molar-refractivity contribution in [2.24, 2.45) is 0 Å². The summed E-state index contributed by atoms with van der Waals surface area (Å²) in [5, 5.41) is 12.0.